The van der Waals surface area contributed by atoms with Crippen LogP contribution in [-0.4, -0.2) is 22.3 Å². The van der Waals surface area contributed by atoms with Crippen molar-refractivity contribution < 1.29 is 4.74 Å². The van der Waals surface area contributed by atoms with Crippen LogP contribution < -0.4 is 5.14 Å². The third kappa shape index (κ3) is 2.81. The van der Waals surface area contributed by atoms with Crippen molar-refractivity contribution in [1.82, 2.24) is 9.97 Å². The second kappa shape index (κ2) is 5.50. The van der Waals surface area contributed by atoms with Crippen molar-refractivity contribution >= 4 is 23.5 Å². The maximum atomic E-state index is 5.68. The number of halogens is 1. The van der Waals surface area contributed by atoms with Crippen LogP contribution in [0.5, 0.6) is 0 Å². The molecule has 1 aromatic rings. The van der Waals surface area contributed by atoms with E-state index in [9.17, 15) is 0 Å². The van der Waals surface area contributed by atoms with Gasteiger partial charge in [0.25, 0.3) is 0 Å². The zero-order valence-electron chi connectivity index (χ0n) is 7.98. The number of aromatic nitrogens is 2. The molecule has 6 heteroatoms. The average Bonchev–Trinajstić information content (AvgIpc) is 2.21. The Balaban J connectivity index is 2.84. The molecule has 1 heterocycles. The molecule has 4 nitrogen and oxygen atoms in total. The molecule has 2 N–H and O–H groups in total. The van der Waals surface area contributed by atoms with Gasteiger partial charge in [-0.15, -0.1) is 0 Å². The van der Waals surface area contributed by atoms with Crippen molar-refractivity contribution in [2.75, 3.05) is 7.11 Å². The van der Waals surface area contributed by atoms with Gasteiger partial charge in [0, 0.05) is 24.8 Å². The lowest BCUT2D eigenvalue weighted by molar-refractivity contribution is 0.0972. The molecule has 0 radical (unpaired) electrons. The van der Waals surface area contributed by atoms with Crippen LogP contribution in [0.4, 0.5) is 0 Å². The van der Waals surface area contributed by atoms with Crippen molar-refractivity contribution in [2.45, 2.75) is 18.3 Å². The fourth-order valence-corrected chi connectivity index (χ4v) is 1.52. The summed E-state index contributed by atoms with van der Waals surface area (Å²) < 4.78 is 5.26. The van der Waals surface area contributed by atoms with Gasteiger partial charge in [0.15, 0.2) is 5.82 Å². The minimum atomic E-state index is -0.206. The first kappa shape index (κ1) is 11.7. The van der Waals surface area contributed by atoms with Crippen LogP contribution in [-0.2, 0) is 4.74 Å². The molecule has 0 aliphatic carbocycles. The van der Waals surface area contributed by atoms with Crippen LogP contribution in [0.1, 0.15) is 18.9 Å². The van der Waals surface area contributed by atoms with E-state index in [1.54, 1.807) is 19.5 Å². The van der Waals surface area contributed by atoms with E-state index in [1.807, 2.05) is 6.92 Å². The second-order valence-electron chi connectivity index (χ2n) is 2.76. The summed E-state index contributed by atoms with van der Waals surface area (Å²) in [4.78, 5) is 8.16. The highest BCUT2D eigenvalue weighted by Gasteiger charge is 2.20. The Kier molecular flexibility index (Phi) is 4.60. The molecule has 0 aliphatic heterocycles. The van der Waals surface area contributed by atoms with Gasteiger partial charge >= 0.3 is 0 Å². The normalized spacial score (nSPS) is 15.1. The fourth-order valence-electron chi connectivity index (χ4n) is 1.05. The molecule has 0 fully saturated rings. The maximum absolute atomic E-state index is 5.68. The third-order valence-corrected chi connectivity index (χ3v) is 2.66. The van der Waals surface area contributed by atoms with Gasteiger partial charge in [0.05, 0.1) is 5.02 Å². The summed E-state index contributed by atoms with van der Waals surface area (Å²) in [5, 5.41) is 6.08. The molecule has 1 aromatic heterocycles. The topological polar surface area (TPSA) is 61.0 Å². The van der Waals surface area contributed by atoms with Crippen molar-refractivity contribution in [3.05, 3.63) is 23.2 Å². The summed E-state index contributed by atoms with van der Waals surface area (Å²) in [5.41, 5.74) is 0. The number of methoxy groups -OCH3 is 1. The third-order valence-electron chi connectivity index (χ3n) is 1.79. The minimum Gasteiger partial charge on any atom is -0.372 e. The minimum absolute atomic E-state index is 0.0983. The van der Waals surface area contributed by atoms with Crippen LogP contribution >= 0.6 is 23.5 Å². The molecule has 78 valence electrons. The summed E-state index contributed by atoms with van der Waals surface area (Å²) >= 11 is 6.90. The summed E-state index contributed by atoms with van der Waals surface area (Å²) in [6.45, 7) is 1.96. The summed E-state index contributed by atoms with van der Waals surface area (Å²) in [5.74, 6) is 0.599. The zero-order valence-corrected chi connectivity index (χ0v) is 9.55. The molecule has 2 atom stereocenters. The molecular weight excluding hydrogens is 222 g/mol. The van der Waals surface area contributed by atoms with Crippen LogP contribution in [0.25, 0.3) is 0 Å². The SMILES string of the molecule is COC(c1ncc(Cl)cn1)C(C)SN. The van der Waals surface area contributed by atoms with Gasteiger partial charge in [0.2, 0.25) is 0 Å². The van der Waals surface area contributed by atoms with Gasteiger partial charge in [-0.05, 0) is 6.92 Å². The Morgan fingerprint density at radius 3 is 2.50 bits per heavy atom. The lowest BCUT2D eigenvalue weighted by Gasteiger charge is -2.18. The predicted molar refractivity (Wildman–Crippen MR) is 58.0 cm³/mol. The van der Waals surface area contributed by atoms with Crippen LogP contribution in [0.3, 0.4) is 0 Å². The van der Waals surface area contributed by atoms with Gasteiger partial charge in [-0.2, -0.15) is 0 Å². The summed E-state index contributed by atoms with van der Waals surface area (Å²) in [7, 11) is 1.61. The van der Waals surface area contributed by atoms with E-state index in [0.29, 0.717) is 10.8 Å². The standard InChI is InChI=1S/C8H12ClN3OS/c1-5(14-10)7(13-2)8-11-3-6(9)4-12-8/h3-5,7H,10H2,1-2H3. The van der Waals surface area contributed by atoms with E-state index in [-0.39, 0.29) is 11.4 Å². The average molecular weight is 234 g/mol. The predicted octanol–water partition coefficient (Wildman–Crippen LogP) is 1.81. The first-order valence-corrected chi connectivity index (χ1v) is 5.37. The van der Waals surface area contributed by atoms with Crippen molar-refractivity contribution in [3.63, 3.8) is 0 Å². The van der Waals surface area contributed by atoms with E-state index in [1.165, 1.54) is 11.9 Å². The molecule has 1 rings (SSSR count). The maximum Gasteiger partial charge on any atom is 0.158 e. The highest BCUT2D eigenvalue weighted by Crippen LogP contribution is 2.23. The molecule has 0 aliphatic rings. The molecule has 0 spiro atoms. The highest BCUT2D eigenvalue weighted by molar-refractivity contribution is 7.97. The largest absolute Gasteiger partial charge is 0.372 e. The quantitative estimate of drug-likeness (QED) is 0.804. The summed E-state index contributed by atoms with van der Waals surface area (Å²) in [6, 6.07) is 0. The highest BCUT2D eigenvalue weighted by atomic mass is 35.5. The number of rotatable bonds is 4. The Morgan fingerprint density at radius 1 is 1.50 bits per heavy atom. The molecule has 14 heavy (non-hydrogen) atoms. The van der Waals surface area contributed by atoms with Crippen LogP contribution in [0.15, 0.2) is 12.4 Å². The van der Waals surface area contributed by atoms with Crippen molar-refractivity contribution in [3.8, 4) is 0 Å². The Bertz CT molecular complexity index is 282. The lowest BCUT2D eigenvalue weighted by atomic mass is 10.2. The van der Waals surface area contributed by atoms with E-state index >= 15 is 0 Å². The zero-order chi connectivity index (χ0) is 10.6. The molecule has 0 saturated carbocycles. The number of ether oxygens (including phenoxy) is 1. The monoisotopic (exact) mass is 233 g/mol. The van der Waals surface area contributed by atoms with Gasteiger partial charge in [-0.1, -0.05) is 23.5 Å². The first-order valence-electron chi connectivity index (χ1n) is 4.04. The van der Waals surface area contributed by atoms with Gasteiger partial charge in [-0.25, -0.2) is 9.97 Å². The van der Waals surface area contributed by atoms with Gasteiger partial charge in [0.1, 0.15) is 6.10 Å². The number of hydrogen-bond donors (Lipinski definition) is 1. The van der Waals surface area contributed by atoms with E-state index in [2.05, 4.69) is 9.97 Å². The molecule has 0 aromatic carbocycles. The Labute approximate surface area is 92.3 Å². The van der Waals surface area contributed by atoms with Crippen molar-refractivity contribution in [2.24, 2.45) is 5.14 Å². The van der Waals surface area contributed by atoms with E-state index in [0.717, 1.165) is 0 Å². The Hall–Kier alpha value is -0.360. The molecular formula is C8H12ClN3OS. The van der Waals surface area contributed by atoms with E-state index < -0.39 is 0 Å². The molecule has 0 bridgehead atoms. The summed E-state index contributed by atoms with van der Waals surface area (Å²) in [6.07, 6.45) is 2.88. The second-order valence-corrected chi connectivity index (χ2v) is 4.21. The van der Waals surface area contributed by atoms with Gasteiger partial charge in [-0.3, -0.25) is 5.14 Å². The lowest BCUT2D eigenvalue weighted by Crippen LogP contribution is -2.18. The number of hydrogen-bond acceptors (Lipinski definition) is 5. The van der Waals surface area contributed by atoms with Crippen LogP contribution in [0, 0.1) is 0 Å². The van der Waals surface area contributed by atoms with E-state index in [4.69, 9.17) is 21.5 Å². The van der Waals surface area contributed by atoms with Crippen LogP contribution in [0.2, 0.25) is 5.02 Å². The molecule has 0 saturated heterocycles. The number of nitrogens with two attached hydrogens (primary N) is 1. The van der Waals surface area contributed by atoms with Crippen molar-refractivity contribution in [1.29, 1.82) is 0 Å². The number of nitrogens with zero attached hydrogens (tertiary/aromatic N) is 2. The van der Waals surface area contributed by atoms with Gasteiger partial charge < -0.3 is 4.74 Å². The molecule has 0 amide bonds. The smallest absolute Gasteiger partial charge is 0.158 e. The Morgan fingerprint density at radius 2 is 2.07 bits per heavy atom. The first-order chi connectivity index (χ1) is 6.69. The fraction of sp³-hybridized carbons (Fsp3) is 0.500. The molecule has 2 unspecified atom stereocenters.